The third-order valence-electron chi connectivity index (χ3n) is 4.64. The molecule has 0 spiro atoms. The molecule has 3 rings (SSSR count). The number of anilines is 1. The van der Waals surface area contributed by atoms with Gasteiger partial charge in [-0.05, 0) is 50.2 Å². The molecule has 6 nitrogen and oxygen atoms in total. The first-order valence-corrected chi connectivity index (χ1v) is 8.59. The smallest absolute Gasteiger partial charge is 0.335 e. The van der Waals surface area contributed by atoms with E-state index < -0.39 is 11.9 Å². The molecule has 0 radical (unpaired) electrons. The number of benzene rings is 2. The fourth-order valence-corrected chi connectivity index (χ4v) is 2.85. The molecule has 1 heterocycles. The average Bonchev–Trinajstić information content (AvgIpc) is 2.65. The van der Waals surface area contributed by atoms with Crippen LogP contribution in [0.25, 0.3) is 22.2 Å². The topological polar surface area (TPSA) is 96.5 Å². The monoisotopic (exact) mass is 363 g/mol. The number of pyridine rings is 1. The summed E-state index contributed by atoms with van der Waals surface area (Å²) >= 11 is 0. The molecule has 0 atom stereocenters. The molecular weight excluding hydrogens is 342 g/mol. The lowest BCUT2D eigenvalue weighted by atomic mass is 10.0. The third-order valence-corrected chi connectivity index (χ3v) is 4.64. The van der Waals surface area contributed by atoms with Crippen LogP contribution in [0.5, 0.6) is 0 Å². The maximum Gasteiger partial charge on any atom is 0.335 e. The van der Waals surface area contributed by atoms with Crippen molar-refractivity contribution in [1.82, 2.24) is 4.98 Å². The van der Waals surface area contributed by atoms with Gasteiger partial charge >= 0.3 is 5.97 Å². The predicted molar refractivity (Wildman–Crippen MR) is 106 cm³/mol. The van der Waals surface area contributed by atoms with E-state index in [4.69, 9.17) is 10.7 Å². The number of fused-ring (bicyclic) bond motifs is 1. The fourth-order valence-electron chi connectivity index (χ4n) is 2.85. The average molecular weight is 363 g/mol. The van der Waals surface area contributed by atoms with Crippen molar-refractivity contribution in [1.29, 1.82) is 0 Å². The normalized spacial score (nSPS) is 11.0. The Balaban J connectivity index is 2.22. The van der Waals surface area contributed by atoms with Crippen LogP contribution in [0.1, 0.15) is 34.6 Å². The zero-order chi connectivity index (χ0) is 19.7. The van der Waals surface area contributed by atoms with E-state index in [-0.39, 0.29) is 11.6 Å². The number of carboxylic acid groups (broad SMARTS) is 1. The van der Waals surface area contributed by atoms with E-state index in [0.717, 1.165) is 22.3 Å². The second-order valence-corrected chi connectivity index (χ2v) is 6.71. The zero-order valence-corrected chi connectivity index (χ0v) is 15.4. The van der Waals surface area contributed by atoms with Gasteiger partial charge in [0, 0.05) is 29.6 Å². The fraction of sp³-hybridized carbons (Fsp3) is 0.190. The number of hydrogen-bond acceptors (Lipinski definition) is 4. The Kier molecular flexibility index (Phi) is 4.81. The minimum atomic E-state index is -0.971. The Morgan fingerprint density at radius 1 is 1.04 bits per heavy atom. The van der Waals surface area contributed by atoms with E-state index in [9.17, 15) is 14.7 Å². The zero-order valence-electron chi connectivity index (χ0n) is 15.4. The highest BCUT2D eigenvalue weighted by atomic mass is 16.4. The largest absolute Gasteiger partial charge is 0.478 e. The van der Waals surface area contributed by atoms with Crippen LogP contribution in [0.4, 0.5) is 5.69 Å². The van der Waals surface area contributed by atoms with Gasteiger partial charge < -0.3 is 15.7 Å². The number of carbonyl (C=O) groups is 2. The molecule has 0 bridgehead atoms. The van der Waals surface area contributed by atoms with Crippen LogP contribution in [-0.4, -0.2) is 35.1 Å². The van der Waals surface area contributed by atoms with Gasteiger partial charge in [-0.1, -0.05) is 12.1 Å². The van der Waals surface area contributed by atoms with Gasteiger partial charge in [0.05, 0.1) is 22.5 Å². The molecule has 3 N–H and O–H groups in total. The van der Waals surface area contributed by atoms with E-state index >= 15 is 0 Å². The van der Waals surface area contributed by atoms with Gasteiger partial charge in [-0.2, -0.15) is 0 Å². The van der Waals surface area contributed by atoms with Crippen molar-refractivity contribution in [2.75, 3.05) is 11.9 Å². The Hall–Kier alpha value is -3.41. The number of nitrogens with zero attached hydrogens (tertiary/aromatic N) is 2. The summed E-state index contributed by atoms with van der Waals surface area (Å²) in [6.07, 6.45) is 0. The van der Waals surface area contributed by atoms with E-state index in [1.165, 1.54) is 0 Å². The number of hydrogen-bond donors (Lipinski definition) is 2. The Morgan fingerprint density at radius 2 is 1.67 bits per heavy atom. The first kappa shape index (κ1) is 18.4. The van der Waals surface area contributed by atoms with Crippen LogP contribution in [0, 0.1) is 0 Å². The van der Waals surface area contributed by atoms with Gasteiger partial charge in [0.25, 0.3) is 0 Å². The SMILES string of the molecule is CC(C)N(C)c1cc2cc(C(=O)O)ccc2nc1-c1ccc(C(N)=O)cc1. The highest BCUT2D eigenvalue weighted by molar-refractivity contribution is 5.97. The molecule has 0 aliphatic rings. The molecule has 0 fully saturated rings. The van der Waals surface area contributed by atoms with Gasteiger partial charge in [-0.3, -0.25) is 4.79 Å². The van der Waals surface area contributed by atoms with Crippen LogP contribution < -0.4 is 10.6 Å². The van der Waals surface area contributed by atoms with E-state index in [0.29, 0.717) is 11.1 Å². The summed E-state index contributed by atoms with van der Waals surface area (Å²) in [6.45, 7) is 4.13. The van der Waals surface area contributed by atoms with Crippen LogP contribution in [0.15, 0.2) is 48.5 Å². The van der Waals surface area contributed by atoms with Crippen molar-refractivity contribution in [3.05, 3.63) is 59.7 Å². The number of carbonyl (C=O) groups excluding carboxylic acids is 1. The molecule has 3 aromatic rings. The summed E-state index contributed by atoms with van der Waals surface area (Å²) in [4.78, 5) is 29.5. The van der Waals surface area contributed by atoms with Crippen LogP contribution in [0.2, 0.25) is 0 Å². The standard InChI is InChI=1S/C21H21N3O3/c1-12(2)24(3)18-11-16-10-15(21(26)27)8-9-17(16)23-19(18)13-4-6-14(7-5-13)20(22)25/h4-12H,1-3H3,(H2,22,25)(H,26,27). The van der Waals surface area contributed by atoms with Gasteiger partial charge in [-0.15, -0.1) is 0 Å². The highest BCUT2D eigenvalue weighted by Crippen LogP contribution is 2.33. The summed E-state index contributed by atoms with van der Waals surface area (Å²) in [5.74, 6) is -1.45. The van der Waals surface area contributed by atoms with E-state index in [1.807, 2.05) is 25.2 Å². The number of primary amides is 1. The minimum Gasteiger partial charge on any atom is -0.478 e. The molecule has 0 saturated heterocycles. The molecule has 0 saturated carbocycles. The molecule has 138 valence electrons. The predicted octanol–water partition coefficient (Wildman–Crippen LogP) is 3.54. The van der Waals surface area contributed by atoms with Crippen molar-refractivity contribution in [3.8, 4) is 11.3 Å². The number of aromatic nitrogens is 1. The van der Waals surface area contributed by atoms with Crippen molar-refractivity contribution < 1.29 is 14.7 Å². The summed E-state index contributed by atoms with van der Waals surface area (Å²) in [7, 11) is 1.97. The first-order valence-electron chi connectivity index (χ1n) is 8.59. The molecule has 0 aliphatic carbocycles. The number of aromatic carboxylic acids is 1. The quantitative estimate of drug-likeness (QED) is 0.723. The molecule has 2 aromatic carbocycles. The lowest BCUT2D eigenvalue weighted by molar-refractivity contribution is 0.0696. The molecule has 27 heavy (non-hydrogen) atoms. The molecule has 1 aromatic heterocycles. The minimum absolute atomic E-state index is 0.218. The van der Waals surface area contributed by atoms with Gasteiger partial charge in [0.1, 0.15) is 0 Å². The summed E-state index contributed by atoms with van der Waals surface area (Å²) in [6, 6.07) is 14.0. The summed E-state index contributed by atoms with van der Waals surface area (Å²) < 4.78 is 0. The molecular formula is C21H21N3O3. The maximum atomic E-state index is 11.3. The van der Waals surface area contributed by atoms with Gasteiger partial charge in [-0.25, -0.2) is 9.78 Å². The maximum absolute atomic E-state index is 11.3. The lowest BCUT2D eigenvalue weighted by Crippen LogP contribution is -2.26. The summed E-state index contributed by atoms with van der Waals surface area (Å²) in [5, 5.41) is 10.0. The molecule has 0 aliphatic heterocycles. The highest BCUT2D eigenvalue weighted by Gasteiger charge is 2.16. The van der Waals surface area contributed by atoms with Crippen molar-refractivity contribution in [2.24, 2.45) is 5.73 Å². The number of nitrogens with two attached hydrogens (primary N) is 1. The second-order valence-electron chi connectivity index (χ2n) is 6.71. The molecule has 1 amide bonds. The second kappa shape index (κ2) is 7.07. The molecule has 0 unspecified atom stereocenters. The first-order chi connectivity index (χ1) is 12.8. The van der Waals surface area contributed by atoms with Crippen molar-refractivity contribution >= 4 is 28.5 Å². The number of amides is 1. The van der Waals surface area contributed by atoms with E-state index in [2.05, 4.69) is 18.7 Å². The number of rotatable bonds is 5. The van der Waals surface area contributed by atoms with Crippen molar-refractivity contribution in [3.63, 3.8) is 0 Å². The summed E-state index contributed by atoms with van der Waals surface area (Å²) in [5.41, 5.74) is 9.18. The van der Waals surface area contributed by atoms with Crippen LogP contribution in [-0.2, 0) is 0 Å². The van der Waals surface area contributed by atoms with Gasteiger partial charge in [0.2, 0.25) is 5.91 Å². The number of carboxylic acids is 1. The Bertz CT molecular complexity index is 1030. The van der Waals surface area contributed by atoms with Crippen LogP contribution in [0.3, 0.4) is 0 Å². The van der Waals surface area contributed by atoms with Gasteiger partial charge in [0.15, 0.2) is 0 Å². The van der Waals surface area contributed by atoms with Crippen LogP contribution >= 0.6 is 0 Å². The Labute approximate surface area is 157 Å². The van der Waals surface area contributed by atoms with Crippen molar-refractivity contribution in [2.45, 2.75) is 19.9 Å². The van der Waals surface area contributed by atoms with E-state index in [1.54, 1.807) is 30.3 Å². The third kappa shape index (κ3) is 3.60. The Morgan fingerprint density at radius 3 is 2.22 bits per heavy atom. The lowest BCUT2D eigenvalue weighted by Gasteiger charge is -2.26. The molecule has 6 heteroatoms.